The SMILES string of the molecule is O/N=C/CCCCCCCN1c2ccccc2Sc2ccc(C(F)(F)F)cc21. The van der Waals surface area contributed by atoms with Crippen LogP contribution in [0.1, 0.15) is 44.1 Å². The molecular formula is C21H23F3N2OS. The van der Waals surface area contributed by atoms with Crippen molar-refractivity contribution < 1.29 is 18.4 Å². The number of oxime groups is 1. The van der Waals surface area contributed by atoms with Crippen LogP contribution in [0.15, 0.2) is 57.4 Å². The maximum Gasteiger partial charge on any atom is 0.416 e. The summed E-state index contributed by atoms with van der Waals surface area (Å²) in [4.78, 5) is 3.95. The first-order chi connectivity index (χ1) is 13.5. The Hall–Kier alpha value is -2.15. The predicted octanol–water partition coefficient (Wildman–Crippen LogP) is 7.11. The molecule has 1 heterocycles. The molecule has 0 saturated heterocycles. The van der Waals surface area contributed by atoms with Gasteiger partial charge in [0.15, 0.2) is 0 Å². The number of alkyl halides is 3. The standard InChI is InChI=1S/C21H23F3N2OS/c22-21(23,24)16-11-12-20-18(15-16)26(17-9-5-6-10-19(17)28-20)14-8-4-2-1-3-7-13-25-27/h5-6,9-13,15,27H,1-4,7-8,14H2/b25-13+. The van der Waals surface area contributed by atoms with Crippen LogP contribution < -0.4 is 4.90 Å². The minimum absolute atomic E-state index is 0.609. The molecule has 28 heavy (non-hydrogen) atoms. The average Bonchev–Trinajstić information content (AvgIpc) is 2.68. The Morgan fingerprint density at radius 2 is 1.64 bits per heavy atom. The summed E-state index contributed by atoms with van der Waals surface area (Å²) in [5, 5.41) is 11.4. The quantitative estimate of drug-likeness (QED) is 0.219. The van der Waals surface area contributed by atoms with Crippen molar-refractivity contribution in [1.82, 2.24) is 0 Å². The van der Waals surface area contributed by atoms with Crippen LogP contribution in [0.5, 0.6) is 0 Å². The zero-order valence-corrected chi connectivity index (χ0v) is 16.3. The van der Waals surface area contributed by atoms with Gasteiger partial charge in [0.2, 0.25) is 0 Å². The molecule has 0 aliphatic carbocycles. The third kappa shape index (κ3) is 5.01. The Labute approximate surface area is 167 Å². The molecule has 150 valence electrons. The lowest BCUT2D eigenvalue weighted by Crippen LogP contribution is -2.22. The molecule has 0 spiro atoms. The molecule has 7 heteroatoms. The van der Waals surface area contributed by atoms with Crippen LogP contribution in [0.25, 0.3) is 0 Å². The molecule has 1 N–H and O–H groups in total. The summed E-state index contributed by atoms with van der Waals surface area (Å²) in [6.07, 6.45) is 2.91. The number of halogens is 3. The van der Waals surface area contributed by atoms with Gasteiger partial charge in [-0.15, -0.1) is 5.16 Å². The lowest BCUT2D eigenvalue weighted by Gasteiger charge is -2.33. The highest BCUT2D eigenvalue weighted by Crippen LogP contribution is 2.49. The summed E-state index contributed by atoms with van der Waals surface area (Å²) >= 11 is 1.52. The predicted molar refractivity (Wildman–Crippen MR) is 107 cm³/mol. The third-order valence-corrected chi connectivity index (χ3v) is 5.88. The summed E-state index contributed by atoms with van der Waals surface area (Å²) in [5.41, 5.74) is 0.998. The van der Waals surface area contributed by atoms with Crippen LogP contribution in [0.4, 0.5) is 24.5 Å². The zero-order valence-electron chi connectivity index (χ0n) is 15.5. The number of anilines is 2. The molecule has 0 radical (unpaired) electrons. The monoisotopic (exact) mass is 408 g/mol. The van der Waals surface area contributed by atoms with Gasteiger partial charge in [-0.3, -0.25) is 0 Å². The molecule has 0 fully saturated rings. The topological polar surface area (TPSA) is 35.8 Å². The Balaban J connectivity index is 1.71. The number of unbranched alkanes of at least 4 members (excludes halogenated alkanes) is 5. The maximum atomic E-state index is 13.2. The fourth-order valence-electron chi connectivity index (χ4n) is 3.34. The summed E-state index contributed by atoms with van der Waals surface area (Å²) in [6, 6.07) is 11.9. The lowest BCUT2D eigenvalue weighted by atomic mass is 10.1. The highest BCUT2D eigenvalue weighted by atomic mass is 32.2. The molecule has 1 aliphatic heterocycles. The van der Waals surface area contributed by atoms with Crippen molar-refractivity contribution in [1.29, 1.82) is 0 Å². The first kappa shape index (κ1) is 20.6. The van der Waals surface area contributed by atoms with E-state index in [9.17, 15) is 13.2 Å². The van der Waals surface area contributed by atoms with Gasteiger partial charge in [0, 0.05) is 22.6 Å². The van der Waals surface area contributed by atoms with E-state index in [1.807, 2.05) is 29.2 Å². The Kier molecular flexibility index (Phi) is 6.88. The molecule has 2 aromatic rings. The summed E-state index contributed by atoms with van der Waals surface area (Å²) in [5.74, 6) is 0. The molecular weight excluding hydrogens is 385 g/mol. The summed E-state index contributed by atoms with van der Waals surface area (Å²) < 4.78 is 39.6. The maximum absolute atomic E-state index is 13.2. The van der Waals surface area contributed by atoms with Crippen LogP contribution in [0.2, 0.25) is 0 Å². The number of benzene rings is 2. The lowest BCUT2D eigenvalue weighted by molar-refractivity contribution is -0.137. The number of para-hydroxylation sites is 1. The molecule has 0 aromatic heterocycles. The molecule has 2 aromatic carbocycles. The molecule has 0 atom stereocenters. The van der Waals surface area contributed by atoms with Crippen LogP contribution in [0.3, 0.4) is 0 Å². The van der Waals surface area contributed by atoms with Crippen molar-refractivity contribution in [2.24, 2.45) is 5.16 Å². The minimum Gasteiger partial charge on any atom is -0.411 e. The van der Waals surface area contributed by atoms with Gasteiger partial charge in [-0.05, 0) is 49.6 Å². The van der Waals surface area contributed by atoms with E-state index >= 15 is 0 Å². The Morgan fingerprint density at radius 3 is 2.43 bits per heavy atom. The smallest absolute Gasteiger partial charge is 0.411 e. The Morgan fingerprint density at radius 1 is 0.929 bits per heavy atom. The first-order valence-electron chi connectivity index (χ1n) is 9.42. The van der Waals surface area contributed by atoms with Gasteiger partial charge < -0.3 is 10.1 Å². The first-order valence-corrected chi connectivity index (χ1v) is 10.2. The van der Waals surface area contributed by atoms with Crippen molar-refractivity contribution in [3.63, 3.8) is 0 Å². The van der Waals surface area contributed by atoms with Crippen molar-refractivity contribution in [3.05, 3.63) is 48.0 Å². The summed E-state index contributed by atoms with van der Waals surface area (Å²) in [6.45, 7) is 0.685. The average molecular weight is 408 g/mol. The molecule has 0 saturated carbocycles. The van der Waals surface area contributed by atoms with E-state index in [1.165, 1.54) is 24.0 Å². The fourth-order valence-corrected chi connectivity index (χ4v) is 4.42. The molecule has 1 aliphatic rings. The largest absolute Gasteiger partial charge is 0.416 e. The number of nitrogens with zero attached hydrogens (tertiary/aromatic N) is 2. The number of hydrogen-bond acceptors (Lipinski definition) is 4. The van der Waals surface area contributed by atoms with Gasteiger partial charge in [-0.25, -0.2) is 0 Å². The van der Waals surface area contributed by atoms with Crippen LogP contribution >= 0.6 is 11.8 Å². The van der Waals surface area contributed by atoms with E-state index < -0.39 is 11.7 Å². The van der Waals surface area contributed by atoms with Gasteiger partial charge in [0.05, 0.1) is 16.9 Å². The van der Waals surface area contributed by atoms with Crippen molar-refractivity contribution in [2.75, 3.05) is 11.4 Å². The van der Waals surface area contributed by atoms with Crippen molar-refractivity contribution in [3.8, 4) is 0 Å². The highest BCUT2D eigenvalue weighted by molar-refractivity contribution is 7.99. The van der Waals surface area contributed by atoms with Crippen molar-refractivity contribution >= 4 is 29.4 Å². The van der Waals surface area contributed by atoms with Gasteiger partial charge in [0.25, 0.3) is 0 Å². The van der Waals surface area contributed by atoms with Gasteiger partial charge >= 0.3 is 6.18 Å². The van der Waals surface area contributed by atoms with Gasteiger partial charge in [-0.2, -0.15) is 13.2 Å². The zero-order chi connectivity index (χ0) is 20.0. The highest BCUT2D eigenvalue weighted by Gasteiger charge is 2.33. The van der Waals surface area contributed by atoms with E-state index in [0.717, 1.165) is 60.1 Å². The van der Waals surface area contributed by atoms with E-state index in [4.69, 9.17) is 5.21 Å². The van der Waals surface area contributed by atoms with Crippen LogP contribution in [-0.2, 0) is 6.18 Å². The molecule has 0 unspecified atom stereocenters. The van der Waals surface area contributed by atoms with Crippen molar-refractivity contribution in [2.45, 2.75) is 54.5 Å². The normalized spacial score (nSPS) is 13.6. The second-order valence-corrected chi connectivity index (χ2v) is 7.84. The Bertz CT molecular complexity index is 824. The van der Waals surface area contributed by atoms with E-state index in [1.54, 1.807) is 6.07 Å². The van der Waals surface area contributed by atoms with Crippen LogP contribution in [0, 0.1) is 0 Å². The van der Waals surface area contributed by atoms with Crippen LogP contribution in [-0.4, -0.2) is 18.0 Å². The molecule has 3 nitrogen and oxygen atoms in total. The number of hydrogen-bond donors (Lipinski definition) is 1. The minimum atomic E-state index is -4.35. The summed E-state index contributed by atoms with van der Waals surface area (Å²) in [7, 11) is 0. The second kappa shape index (κ2) is 9.37. The molecule has 3 rings (SSSR count). The number of fused-ring (bicyclic) bond motifs is 2. The van der Waals surface area contributed by atoms with Gasteiger partial charge in [0.1, 0.15) is 0 Å². The van der Waals surface area contributed by atoms with Gasteiger partial charge in [-0.1, -0.05) is 43.2 Å². The molecule has 0 bridgehead atoms. The molecule has 0 amide bonds. The second-order valence-electron chi connectivity index (χ2n) is 6.76. The third-order valence-electron chi connectivity index (χ3n) is 4.75. The van der Waals surface area contributed by atoms with E-state index in [-0.39, 0.29) is 0 Å². The number of rotatable bonds is 8. The van der Waals surface area contributed by atoms with E-state index in [2.05, 4.69) is 5.16 Å². The van der Waals surface area contributed by atoms with E-state index in [0.29, 0.717) is 12.2 Å². The fraction of sp³-hybridized carbons (Fsp3) is 0.381.